The highest BCUT2D eigenvalue weighted by molar-refractivity contribution is 5.95. The Morgan fingerprint density at radius 3 is 2.23 bits per heavy atom. The number of ether oxygens (including phenoxy) is 1. The zero-order chi connectivity index (χ0) is 37.7. The molecule has 3 heterocycles. The molecular weight excluding hydrogens is 679 g/mol. The molecule has 3 aromatic rings. The van der Waals surface area contributed by atoms with Crippen LogP contribution < -0.4 is 10.9 Å². The Bertz CT molecular complexity index is 1870. The summed E-state index contributed by atoms with van der Waals surface area (Å²) in [5.41, 5.74) is 0.314. The number of aromatic nitrogens is 2. The molecule has 12 nitrogen and oxygen atoms in total. The predicted molar refractivity (Wildman–Crippen MR) is 198 cm³/mol. The summed E-state index contributed by atoms with van der Waals surface area (Å²) in [6, 6.07) is 10.9. The smallest absolute Gasteiger partial charge is 0.408 e. The van der Waals surface area contributed by atoms with Crippen LogP contribution in [0, 0.1) is 17.7 Å². The van der Waals surface area contributed by atoms with Crippen LogP contribution in [0.25, 0.3) is 10.8 Å². The first-order chi connectivity index (χ1) is 25.4. The summed E-state index contributed by atoms with van der Waals surface area (Å²) in [5.74, 6) is -0.898. The zero-order valence-corrected chi connectivity index (χ0v) is 31.0. The molecule has 0 unspecified atom stereocenters. The van der Waals surface area contributed by atoms with E-state index in [0.29, 0.717) is 87.0 Å². The first-order valence-electron chi connectivity index (χ1n) is 19.0. The largest absolute Gasteiger partial charge is 0.444 e. The minimum Gasteiger partial charge on any atom is -0.444 e. The predicted octanol–water partition coefficient (Wildman–Crippen LogP) is 5.04. The van der Waals surface area contributed by atoms with Gasteiger partial charge in [0.2, 0.25) is 11.8 Å². The fourth-order valence-electron chi connectivity index (χ4n) is 7.89. The van der Waals surface area contributed by atoms with Crippen LogP contribution in [0.4, 0.5) is 9.18 Å². The van der Waals surface area contributed by atoms with Crippen LogP contribution in [0.3, 0.4) is 0 Å². The lowest BCUT2D eigenvalue weighted by molar-refractivity contribution is -0.137. The van der Waals surface area contributed by atoms with E-state index in [-0.39, 0.29) is 34.8 Å². The van der Waals surface area contributed by atoms with Gasteiger partial charge in [-0.3, -0.25) is 19.2 Å². The second-order valence-electron chi connectivity index (χ2n) is 15.7. The third kappa shape index (κ3) is 9.41. The Morgan fingerprint density at radius 2 is 1.55 bits per heavy atom. The molecule has 0 bridgehead atoms. The van der Waals surface area contributed by atoms with Crippen LogP contribution in [0.5, 0.6) is 0 Å². The van der Waals surface area contributed by atoms with Gasteiger partial charge in [-0.05, 0) is 82.1 Å². The Hall–Kier alpha value is -4.81. The van der Waals surface area contributed by atoms with Crippen molar-refractivity contribution in [2.75, 3.05) is 39.3 Å². The number of halogens is 1. The fourth-order valence-corrected chi connectivity index (χ4v) is 7.89. The maximum absolute atomic E-state index is 15.0. The van der Waals surface area contributed by atoms with Crippen molar-refractivity contribution in [1.82, 2.24) is 30.2 Å². The normalized spacial score (nSPS) is 18.2. The number of piperidine rings is 1. The molecule has 1 aliphatic carbocycles. The number of carbonyl (C=O) groups excluding carboxylic acids is 4. The highest BCUT2D eigenvalue weighted by atomic mass is 19.1. The molecule has 284 valence electrons. The molecule has 0 radical (unpaired) electrons. The number of piperazine rings is 1. The number of benzene rings is 2. The van der Waals surface area contributed by atoms with Crippen molar-refractivity contribution >= 4 is 34.6 Å². The van der Waals surface area contributed by atoms with Gasteiger partial charge >= 0.3 is 6.09 Å². The van der Waals surface area contributed by atoms with Gasteiger partial charge < -0.3 is 24.8 Å². The van der Waals surface area contributed by atoms with Crippen molar-refractivity contribution in [3.05, 3.63) is 75.5 Å². The van der Waals surface area contributed by atoms with Crippen molar-refractivity contribution in [2.24, 2.45) is 11.8 Å². The fraction of sp³-hybridized carbons (Fsp3) is 0.550. The molecular formula is C40H51FN6O6. The maximum Gasteiger partial charge on any atom is 0.408 e. The quantitative estimate of drug-likeness (QED) is 0.331. The van der Waals surface area contributed by atoms with Crippen molar-refractivity contribution in [2.45, 2.75) is 90.2 Å². The van der Waals surface area contributed by atoms with E-state index in [1.807, 2.05) is 17.0 Å². The van der Waals surface area contributed by atoms with E-state index in [1.165, 1.54) is 6.07 Å². The molecule has 4 amide bonds. The van der Waals surface area contributed by atoms with E-state index < -0.39 is 29.5 Å². The molecule has 13 heteroatoms. The molecule has 1 saturated carbocycles. The Morgan fingerprint density at radius 1 is 0.887 bits per heavy atom. The van der Waals surface area contributed by atoms with Crippen LogP contribution in [-0.2, 0) is 20.7 Å². The molecule has 1 aromatic heterocycles. The topological polar surface area (TPSA) is 145 Å². The lowest BCUT2D eigenvalue weighted by atomic mass is 9.83. The Kier molecular flexibility index (Phi) is 11.8. The number of aromatic amines is 1. The summed E-state index contributed by atoms with van der Waals surface area (Å²) in [6.07, 6.45) is 6.48. The summed E-state index contributed by atoms with van der Waals surface area (Å²) in [6.45, 7) is 7.75. The van der Waals surface area contributed by atoms with E-state index in [1.54, 1.807) is 54.8 Å². The molecule has 3 fully saturated rings. The van der Waals surface area contributed by atoms with E-state index in [0.717, 1.165) is 32.1 Å². The molecule has 2 saturated heterocycles. The average molecular weight is 731 g/mol. The lowest BCUT2D eigenvalue weighted by Gasteiger charge is -2.38. The average Bonchev–Trinajstić information content (AvgIpc) is 3.15. The molecule has 53 heavy (non-hydrogen) atoms. The van der Waals surface area contributed by atoms with Gasteiger partial charge in [-0.2, -0.15) is 5.10 Å². The third-order valence-electron chi connectivity index (χ3n) is 10.8. The number of hydrogen-bond donors (Lipinski definition) is 2. The third-order valence-corrected chi connectivity index (χ3v) is 10.8. The second-order valence-corrected chi connectivity index (χ2v) is 15.7. The summed E-state index contributed by atoms with van der Waals surface area (Å²) in [5, 5.41) is 10.8. The molecule has 0 spiro atoms. The minimum atomic E-state index is -0.663. The van der Waals surface area contributed by atoms with E-state index in [4.69, 9.17) is 4.74 Å². The standard InChI is InChI=1S/C40H51FN6O6/c1-40(2,3)53-39(52)42-35(28-9-5-4-6-10-28)38(51)46-17-15-26(16-18-46)25-34(48)45-19-21-47(22-20-45)37(50)31-23-27(13-14-32(31)41)24-33-29-11-7-8-12-30(29)36(49)44-43-33/h7-8,11-14,23,26,28,35H,4-6,9-10,15-22,24-25H2,1-3H3,(H,42,52)(H,44,49)/t35-/m1/s1. The van der Waals surface area contributed by atoms with Crippen molar-refractivity contribution < 1.29 is 28.3 Å². The van der Waals surface area contributed by atoms with Crippen molar-refractivity contribution in [1.29, 1.82) is 0 Å². The van der Waals surface area contributed by atoms with Gasteiger partial charge in [0.1, 0.15) is 17.5 Å². The number of hydrogen-bond acceptors (Lipinski definition) is 7. The van der Waals surface area contributed by atoms with Crippen LogP contribution in [0.1, 0.15) is 93.8 Å². The van der Waals surface area contributed by atoms with E-state index in [9.17, 15) is 28.4 Å². The number of amides is 4. The number of alkyl carbamates (subject to hydrolysis) is 1. The van der Waals surface area contributed by atoms with Gasteiger partial charge in [0.05, 0.1) is 16.6 Å². The molecule has 2 aliphatic heterocycles. The number of nitrogens with zero attached hydrogens (tertiary/aromatic N) is 4. The Labute approximate surface area is 309 Å². The molecule has 1 atom stereocenters. The second kappa shape index (κ2) is 16.5. The van der Waals surface area contributed by atoms with Gasteiger partial charge in [0, 0.05) is 57.5 Å². The van der Waals surface area contributed by atoms with Crippen molar-refractivity contribution in [3.63, 3.8) is 0 Å². The summed E-state index contributed by atoms with van der Waals surface area (Å²) in [7, 11) is 0. The molecule has 6 rings (SSSR count). The van der Waals surface area contributed by atoms with E-state index >= 15 is 0 Å². The summed E-state index contributed by atoms with van der Waals surface area (Å²) < 4.78 is 20.5. The van der Waals surface area contributed by atoms with Crippen LogP contribution in [0.15, 0.2) is 47.3 Å². The van der Waals surface area contributed by atoms with Crippen LogP contribution in [-0.4, -0.2) is 99.6 Å². The zero-order valence-electron chi connectivity index (χ0n) is 31.0. The number of likely N-dealkylation sites (tertiary alicyclic amines) is 1. The number of H-pyrrole nitrogens is 1. The van der Waals surface area contributed by atoms with E-state index in [2.05, 4.69) is 15.5 Å². The number of rotatable bonds is 8. The number of fused-ring (bicyclic) bond motifs is 1. The highest BCUT2D eigenvalue weighted by Crippen LogP contribution is 2.30. The molecule has 3 aliphatic rings. The molecule has 2 aromatic carbocycles. The lowest BCUT2D eigenvalue weighted by Crippen LogP contribution is -2.55. The first kappa shape index (κ1) is 37.9. The van der Waals surface area contributed by atoms with Gasteiger partial charge in [0.25, 0.3) is 11.5 Å². The minimum absolute atomic E-state index is 0.0161. The molecule has 2 N–H and O–H groups in total. The van der Waals surface area contributed by atoms with Gasteiger partial charge in [0.15, 0.2) is 0 Å². The van der Waals surface area contributed by atoms with Crippen LogP contribution in [0.2, 0.25) is 0 Å². The van der Waals surface area contributed by atoms with Crippen molar-refractivity contribution in [3.8, 4) is 0 Å². The van der Waals surface area contributed by atoms with Crippen LogP contribution >= 0.6 is 0 Å². The number of nitrogens with one attached hydrogen (secondary N) is 2. The van der Waals surface area contributed by atoms with Gasteiger partial charge in [-0.1, -0.05) is 43.5 Å². The summed E-state index contributed by atoms with van der Waals surface area (Å²) >= 11 is 0. The highest BCUT2D eigenvalue weighted by Gasteiger charge is 2.37. The first-order valence-corrected chi connectivity index (χ1v) is 19.0. The number of carbonyl (C=O) groups is 4. The van der Waals surface area contributed by atoms with Gasteiger partial charge in [-0.15, -0.1) is 0 Å². The Balaban J connectivity index is 0.992. The van der Waals surface area contributed by atoms with Gasteiger partial charge in [-0.25, -0.2) is 14.3 Å². The monoisotopic (exact) mass is 730 g/mol. The maximum atomic E-state index is 15.0. The SMILES string of the molecule is CC(C)(C)OC(=O)N[C@@H](C(=O)N1CCC(CC(=O)N2CCN(C(=O)c3cc(Cc4n[nH]c(=O)c5ccccc45)ccc3F)CC2)CC1)C1CCCCC1. The summed E-state index contributed by atoms with van der Waals surface area (Å²) in [4.78, 5) is 70.7.